The Balaban J connectivity index is 1.40. The van der Waals surface area contributed by atoms with Gasteiger partial charge in [-0.1, -0.05) is 48.5 Å². The molecule has 1 N–H and O–H groups in total. The van der Waals surface area contributed by atoms with Crippen LogP contribution >= 0.6 is 0 Å². The van der Waals surface area contributed by atoms with E-state index < -0.39 is 29.3 Å². The summed E-state index contributed by atoms with van der Waals surface area (Å²) < 4.78 is 11.6. The predicted octanol–water partition coefficient (Wildman–Crippen LogP) is 5.43. The number of carbonyl (C=O) groups is 3. The maximum absolute atomic E-state index is 14.0. The van der Waals surface area contributed by atoms with E-state index in [0.29, 0.717) is 19.0 Å². The van der Waals surface area contributed by atoms with Crippen LogP contribution in [-0.2, 0) is 14.3 Å². The first-order valence-electron chi connectivity index (χ1n) is 14.9. The summed E-state index contributed by atoms with van der Waals surface area (Å²) >= 11 is 0. The molecule has 0 radical (unpaired) electrons. The number of carboxylic acid groups (broad SMARTS) is 1. The molecule has 1 atom stereocenters. The van der Waals surface area contributed by atoms with Crippen LogP contribution in [0.1, 0.15) is 63.5 Å². The highest BCUT2D eigenvalue weighted by Gasteiger charge is 2.53. The second kappa shape index (κ2) is 11.6. The SMILES string of the molecule is CN(C)C1CC(CN(C(=O)OCC2c3ccccc3-c3ccccc32)C2(C(=O)O)CCCN(C(=O)OC(C)(C)C)C2)C1. The van der Waals surface area contributed by atoms with Crippen molar-refractivity contribution >= 4 is 18.2 Å². The van der Waals surface area contributed by atoms with Crippen molar-refractivity contribution in [2.45, 2.75) is 69.6 Å². The molecule has 5 rings (SSSR count). The molecule has 1 unspecified atom stereocenters. The molecule has 9 nitrogen and oxygen atoms in total. The third kappa shape index (κ3) is 5.84. The number of fused-ring (bicyclic) bond motifs is 3. The highest BCUT2D eigenvalue weighted by molar-refractivity contribution is 5.86. The monoisotopic (exact) mass is 577 g/mol. The molecule has 226 valence electrons. The molecule has 0 spiro atoms. The summed E-state index contributed by atoms with van der Waals surface area (Å²) in [6.45, 7) is 5.91. The molecule has 42 heavy (non-hydrogen) atoms. The maximum atomic E-state index is 14.0. The number of aliphatic carboxylic acids is 1. The van der Waals surface area contributed by atoms with E-state index in [-0.39, 0.29) is 38.0 Å². The molecule has 9 heteroatoms. The van der Waals surface area contributed by atoms with Gasteiger partial charge >= 0.3 is 18.2 Å². The van der Waals surface area contributed by atoms with Gasteiger partial charge in [-0.2, -0.15) is 0 Å². The van der Waals surface area contributed by atoms with Crippen LogP contribution in [0.4, 0.5) is 9.59 Å². The van der Waals surface area contributed by atoms with Crippen molar-refractivity contribution in [1.29, 1.82) is 0 Å². The number of likely N-dealkylation sites (tertiary alicyclic amines) is 1. The van der Waals surface area contributed by atoms with E-state index in [0.717, 1.165) is 35.1 Å². The van der Waals surface area contributed by atoms with Crippen molar-refractivity contribution in [3.63, 3.8) is 0 Å². The Morgan fingerprint density at radius 2 is 1.60 bits per heavy atom. The number of amides is 2. The first-order valence-corrected chi connectivity index (χ1v) is 14.9. The zero-order valence-corrected chi connectivity index (χ0v) is 25.3. The van der Waals surface area contributed by atoms with Gasteiger partial charge in [0.25, 0.3) is 0 Å². The molecule has 0 aromatic heterocycles. The van der Waals surface area contributed by atoms with Gasteiger partial charge in [0.2, 0.25) is 0 Å². The standard InChI is InChI=1S/C33H43N3O6/c1-32(2,3)42-30(39)35-16-10-15-33(21-35,29(37)38)36(19-22-17-23(18-22)34(4)5)31(40)41-20-28-26-13-8-6-11-24(26)25-12-7-9-14-27(25)28/h6-9,11-14,22-23,28H,10,15-21H2,1-5H3,(H,37,38). The first-order chi connectivity index (χ1) is 19.9. The third-order valence-corrected chi connectivity index (χ3v) is 8.98. The van der Waals surface area contributed by atoms with E-state index >= 15 is 0 Å². The van der Waals surface area contributed by atoms with Crippen molar-refractivity contribution in [3.05, 3.63) is 59.7 Å². The van der Waals surface area contributed by atoms with Crippen molar-refractivity contribution in [3.8, 4) is 11.1 Å². The quantitative estimate of drug-likeness (QED) is 0.468. The molecule has 1 saturated heterocycles. The average Bonchev–Trinajstić information content (AvgIpc) is 3.23. The molecule has 1 heterocycles. The Morgan fingerprint density at radius 1 is 1.00 bits per heavy atom. The molecular formula is C33H43N3O6. The summed E-state index contributed by atoms with van der Waals surface area (Å²) in [5.74, 6) is -1.13. The Morgan fingerprint density at radius 3 is 2.14 bits per heavy atom. The van der Waals surface area contributed by atoms with E-state index in [1.165, 1.54) is 9.80 Å². The van der Waals surface area contributed by atoms with Crippen LogP contribution < -0.4 is 0 Å². The number of hydrogen-bond acceptors (Lipinski definition) is 6. The Kier molecular flexibility index (Phi) is 8.25. The third-order valence-electron chi connectivity index (χ3n) is 8.98. The average molecular weight is 578 g/mol. The van der Waals surface area contributed by atoms with Gasteiger partial charge in [-0.15, -0.1) is 0 Å². The minimum Gasteiger partial charge on any atom is -0.479 e. The predicted molar refractivity (Wildman–Crippen MR) is 159 cm³/mol. The van der Waals surface area contributed by atoms with Gasteiger partial charge in [-0.05, 0) is 88.7 Å². The van der Waals surface area contributed by atoms with Gasteiger partial charge < -0.3 is 24.4 Å². The van der Waals surface area contributed by atoms with Gasteiger partial charge in [0.15, 0.2) is 5.54 Å². The lowest BCUT2D eigenvalue weighted by atomic mass is 9.77. The largest absolute Gasteiger partial charge is 0.479 e. The lowest BCUT2D eigenvalue weighted by molar-refractivity contribution is -0.155. The molecule has 2 amide bonds. The molecule has 3 aliphatic rings. The Hall–Kier alpha value is -3.59. The van der Waals surface area contributed by atoms with Crippen molar-refractivity contribution in [2.24, 2.45) is 5.92 Å². The summed E-state index contributed by atoms with van der Waals surface area (Å²) in [4.78, 5) is 45.1. The lowest BCUT2D eigenvalue weighted by Crippen LogP contribution is -2.67. The smallest absolute Gasteiger partial charge is 0.410 e. The molecule has 2 aromatic carbocycles. The number of nitrogens with zero attached hydrogens (tertiary/aromatic N) is 3. The fourth-order valence-corrected chi connectivity index (χ4v) is 6.65. The number of carbonyl (C=O) groups excluding carboxylic acids is 2. The molecule has 2 aromatic rings. The van der Waals surface area contributed by atoms with Crippen molar-refractivity contribution < 1.29 is 29.0 Å². The molecular weight excluding hydrogens is 534 g/mol. The second-order valence-corrected chi connectivity index (χ2v) is 13.2. The summed E-state index contributed by atoms with van der Waals surface area (Å²) in [5, 5.41) is 10.7. The molecule has 2 fully saturated rings. The van der Waals surface area contributed by atoms with Crippen LogP contribution in [0.2, 0.25) is 0 Å². The number of ether oxygens (including phenoxy) is 2. The summed E-state index contributed by atoms with van der Waals surface area (Å²) in [6, 6.07) is 16.6. The van der Waals surface area contributed by atoms with Crippen LogP contribution in [0.25, 0.3) is 11.1 Å². The number of hydrogen-bond donors (Lipinski definition) is 1. The van der Waals surface area contributed by atoms with Gasteiger partial charge in [-0.3, -0.25) is 4.90 Å². The van der Waals surface area contributed by atoms with E-state index in [1.807, 2.05) is 38.4 Å². The lowest BCUT2D eigenvalue weighted by Gasteiger charge is -2.49. The van der Waals surface area contributed by atoms with E-state index in [9.17, 15) is 19.5 Å². The number of piperidine rings is 1. The Labute approximate surface area is 248 Å². The fraction of sp³-hybridized carbons (Fsp3) is 0.545. The summed E-state index contributed by atoms with van der Waals surface area (Å²) in [6.07, 6.45) is 1.17. The van der Waals surface area contributed by atoms with Crippen LogP contribution in [-0.4, -0.2) is 95.5 Å². The highest BCUT2D eigenvalue weighted by atomic mass is 16.6. The molecule has 2 aliphatic carbocycles. The topological polar surface area (TPSA) is 99.6 Å². The van der Waals surface area contributed by atoms with Crippen LogP contribution in [0.5, 0.6) is 0 Å². The maximum Gasteiger partial charge on any atom is 0.410 e. The van der Waals surface area contributed by atoms with Crippen molar-refractivity contribution in [2.75, 3.05) is 40.3 Å². The fourth-order valence-electron chi connectivity index (χ4n) is 6.65. The van der Waals surface area contributed by atoms with Gasteiger partial charge in [0.05, 0.1) is 6.54 Å². The van der Waals surface area contributed by atoms with Crippen LogP contribution in [0.15, 0.2) is 48.5 Å². The minimum absolute atomic E-state index is 0.0971. The summed E-state index contributed by atoms with van der Waals surface area (Å²) in [7, 11) is 4.06. The Bertz CT molecular complexity index is 1290. The van der Waals surface area contributed by atoms with Gasteiger partial charge in [0.1, 0.15) is 12.2 Å². The molecule has 0 bridgehead atoms. The normalized spacial score (nSPS) is 23.5. The van der Waals surface area contributed by atoms with E-state index in [1.54, 1.807) is 20.8 Å². The van der Waals surface area contributed by atoms with Crippen molar-refractivity contribution in [1.82, 2.24) is 14.7 Å². The van der Waals surface area contributed by atoms with Gasteiger partial charge in [0, 0.05) is 25.0 Å². The van der Waals surface area contributed by atoms with Crippen LogP contribution in [0.3, 0.4) is 0 Å². The van der Waals surface area contributed by atoms with Gasteiger partial charge in [-0.25, -0.2) is 14.4 Å². The number of carboxylic acids is 1. The first kappa shape index (κ1) is 29.9. The molecule has 1 aliphatic heterocycles. The van der Waals surface area contributed by atoms with E-state index in [2.05, 4.69) is 29.2 Å². The number of benzene rings is 2. The zero-order chi connectivity index (χ0) is 30.2. The zero-order valence-electron chi connectivity index (χ0n) is 25.3. The second-order valence-electron chi connectivity index (χ2n) is 13.2. The highest BCUT2D eigenvalue weighted by Crippen LogP contribution is 2.45. The minimum atomic E-state index is -1.61. The number of rotatable bonds is 7. The summed E-state index contributed by atoms with van der Waals surface area (Å²) in [5.41, 5.74) is 2.09. The van der Waals surface area contributed by atoms with E-state index in [4.69, 9.17) is 9.47 Å². The molecule has 1 saturated carbocycles. The van der Waals surface area contributed by atoms with Crippen LogP contribution in [0, 0.1) is 5.92 Å².